The van der Waals surface area contributed by atoms with Crippen LogP contribution in [-0.4, -0.2) is 15.9 Å². The number of hydrogen-bond acceptors (Lipinski definition) is 3. The molecule has 1 aliphatic rings. The molecule has 0 radical (unpaired) electrons. The van der Waals surface area contributed by atoms with E-state index in [1.54, 1.807) is 17.5 Å². The number of nitrogens with one attached hydrogen (secondary N) is 2. The Balaban J connectivity index is 1.64. The van der Waals surface area contributed by atoms with Gasteiger partial charge in [0.05, 0.1) is 17.1 Å². The molecule has 3 aromatic rings. The molecule has 1 amide bonds. The van der Waals surface area contributed by atoms with Crippen molar-refractivity contribution in [1.82, 2.24) is 15.3 Å². The van der Waals surface area contributed by atoms with Crippen molar-refractivity contribution >= 4 is 28.1 Å². The number of para-hydroxylation sites is 1. The number of carbonyl (C=O) groups is 1. The van der Waals surface area contributed by atoms with Crippen molar-refractivity contribution in [3.05, 3.63) is 52.6 Å². The van der Waals surface area contributed by atoms with Gasteiger partial charge in [0.25, 0.3) is 5.91 Å². The molecule has 1 atom stereocenters. The van der Waals surface area contributed by atoms with Gasteiger partial charge in [0, 0.05) is 23.2 Å². The molecule has 0 spiro atoms. The molecule has 2 N–H and O–H groups in total. The fourth-order valence-corrected chi connectivity index (χ4v) is 3.47. The Morgan fingerprint density at radius 3 is 3.05 bits per heavy atom. The first-order valence-electron chi connectivity index (χ1n) is 7.09. The number of nitrogens with zero attached hydrogens (tertiary/aromatic N) is 1. The van der Waals surface area contributed by atoms with E-state index in [1.165, 1.54) is 0 Å². The van der Waals surface area contributed by atoms with Crippen LogP contribution < -0.4 is 5.32 Å². The Morgan fingerprint density at radius 1 is 1.38 bits per heavy atom. The van der Waals surface area contributed by atoms with Gasteiger partial charge in [-0.1, -0.05) is 12.1 Å². The van der Waals surface area contributed by atoms with Crippen LogP contribution in [-0.2, 0) is 0 Å². The van der Waals surface area contributed by atoms with Crippen LogP contribution in [0.3, 0.4) is 0 Å². The number of fused-ring (bicyclic) bond motifs is 1. The second kappa shape index (κ2) is 5.00. The standard InChI is InChI=1S/C16H15N3OS/c20-15(12-3-1-2-10-6-7-17-13(10)12)19-14(11-4-5-11)16-18-8-9-21-16/h1-3,6-9,11,14,17H,4-5H2,(H,19,20). The SMILES string of the molecule is O=C(NC(c1nccs1)C1CC1)c1cccc2cc[nH]c12. The van der Waals surface area contributed by atoms with E-state index in [0.717, 1.165) is 28.8 Å². The summed E-state index contributed by atoms with van der Waals surface area (Å²) in [5, 5.41) is 7.19. The number of amides is 1. The number of rotatable bonds is 4. The molecule has 5 heteroatoms. The maximum atomic E-state index is 12.6. The Morgan fingerprint density at radius 2 is 2.29 bits per heavy atom. The molecule has 1 fully saturated rings. The third-order valence-electron chi connectivity index (χ3n) is 3.93. The molecule has 0 saturated heterocycles. The van der Waals surface area contributed by atoms with Gasteiger partial charge in [-0.3, -0.25) is 4.79 Å². The van der Waals surface area contributed by atoms with E-state index in [0.29, 0.717) is 11.5 Å². The third kappa shape index (κ3) is 2.34. The number of aromatic nitrogens is 2. The zero-order valence-corrected chi connectivity index (χ0v) is 12.2. The summed E-state index contributed by atoms with van der Waals surface area (Å²) in [6.45, 7) is 0. The summed E-state index contributed by atoms with van der Waals surface area (Å²) in [6.07, 6.45) is 5.99. The topological polar surface area (TPSA) is 57.8 Å². The van der Waals surface area contributed by atoms with Gasteiger partial charge in [0.15, 0.2) is 0 Å². The van der Waals surface area contributed by atoms with Crippen molar-refractivity contribution in [2.45, 2.75) is 18.9 Å². The molecule has 1 aliphatic carbocycles. The normalized spacial score (nSPS) is 16.0. The Hall–Kier alpha value is -2.14. The van der Waals surface area contributed by atoms with Crippen LogP contribution in [0, 0.1) is 5.92 Å². The van der Waals surface area contributed by atoms with Crippen molar-refractivity contribution in [3.63, 3.8) is 0 Å². The summed E-state index contributed by atoms with van der Waals surface area (Å²) in [7, 11) is 0. The summed E-state index contributed by atoms with van der Waals surface area (Å²) < 4.78 is 0. The van der Waals surface area contributed by atoms with Crippen LogP contribution in [0.15, 0.2) is 42.0 Å². The fraction of sp³-hybridized carbons (Fsp3) is 0.250. The highest BCUT2D eigenvalue weighted by atomic mass is 32.1. The first-order chi connectivity index (χ1) is 10.3. The van der Waals surface area contributed by atoms with Gasteiger partial charge >= 0.3 is 0 Å². The highest BCUT2D eigenvalue weighted by molar-refractivity contribution is 7.09. The average molecular weight is 297 g/mol. The highest BCUT2D eigenvalue weighted by Crippen LogP contribution is 2.41. The molecule has 0 aliphatic heterocycles. The lowest BCUT2D eigenvalue weighted by atomic mass is 10.1. The van der Waals surface area contributed by atoms with Gasteiger partial charge < -0.3 is 10.3 Å². The van der Waals surface area contributed by atoms with E-state index < -0.39 is 0 Å². The number of aromatic amines is 1. The first kappa shape index (κ1) is 12.6. The lowest BCUT2D eigenvalue weighted by molar-refractivity contribution is 0.0933. The number of carbonyl (C=O) groups excluding carboxylic acids is 1. The van der Waals surface area contributed by atoms with E-state index in [4.69, 9.17) is 0 Å². The molecule has 4 rings (SSSR count). The summed E-state index contributed by atoms with van der Waals surface area (Å²) in [4.78, 5) is 20.2. The van der Waals surface area contributed by atoms with Gasteiger partial charge in [0.2, 0.25) is 0 Å². The van der Waals surface area contributed by atoms with Gasteiger partial charge in [-0.2, -0.15) is 0 Å². The monoisotopic (exact) mass is 297 g/mol. The molecule has 4 nitrogen and oxygen atoms in total. The first-order valence-corrected chi connectivity index (χ1v) is 7.97. The minimum absolute atomic E-state index is 0.0323. The Kier molecular flexibility index (Phi) is 3.00. The second-order valence-corrected chi connectivity index (χ2v) is 6.33. The van der Waals surface area contributed by atoms with E-state index >= 15 is 0 Å². The predicted octanol–water partition coefficient (Wildman–Crippen LogP) is 3.51. The van der Waals surface area contributed by atoms with Crippen LogP contribution in [0.25, 0.3) is 10.9 Å². The Bertz CT molecular complexity index is 774. The summed E-state index contributed by atoms with van der Waals surface area (Å²) in [6, 6.07) is 7.80. The number of H-pyrrole nitrogens is 1. The zero-order chi connectivity index (χ0) is 14.2. The third-order valence-corrected chi connectivity index (χ3v) is 4.79. The minimum Gasteiger partial charge on any atom is -0.361 e. The van der Waals surface area contributed by atoms with E-state index in [1.807, 2.05) is 35.8 Å². The van der Waals surface area contributed by atoms with Crippen molar-refractivity contribution < 1.29 is 4.79 Å². The summed E-state index contributed by atoms with van der Waals surface area (Å²) >= 11 is 1.61. The molecular formula is C16H15N3OS. The highest BCUT2D eigenvalue weighted by Gasteiger charge is 2.35. The van der Waals surface area contributed by atoms with Crippen molar-refractivity contribution in [3.8, 4) is 0 Å². The molecule has 1 aromatic carbocycles. The van der Waals surface area contributed by atoms with E-state index in [2.05, 4.69) is 15.3 Å². The minimum atomic E-state index is -0.0323. The van der Waals surface area contributed by atoms with E-state index in [9.17, 15) is 4.79 Å². The molecule has 2 heterocycles. The van der Waals surface area contributed by atoms with Crippen LogP contribution in [0.2, 0.25) is 0 Å². The largest absolute Gasteiger partial charge is 0.361 e. The molecule has 1 unspecified atom stereocenters. The maximum absolute atomic E-state index is 12.6. The summed E-state index contributed by atoms with van der Waals surface area (Å²) in [5.41, 5.74) is 1.59. The van der Waals surface area contributed by atoms with Crippen molar-refractivity contribution in [2.75, 3.05) is 0 Å². The molecule has 0 bridgehead atoms. The fourth-order valence-electron chi connectivity index (χ4n) is 2.69. The molecule has 21 heavy (non-hydrogen) atoms. The van der Waals surface area contributed by atoms with Gasteiger partial charge in [-0.25, -0.2) is 4.98 Å². The molecular weight excluding hydrogens is 282 g/mol. The average Bonchev–Trinajstić information content (AvgIpc) is 3.01. The number of benzene rings is 1. The Labute approximate surface area is 126 Å². The summed E-state index contributed by atoms with van der Waals surface area (Å²) in [5.74, 6) is 0.498. The van der Waals surface area contributed by atoms with Crippen LogP contribution in [0.4, 0.5) is 0 Å². The smallest absolute Gasteiger partial charge is 0.253 e. The maximum Gasteiger partial charge on any atom is 0.253 e. The van der Waals surface area contributed by atoms with Crippen LogP contribution >= 0.6 is 11.3 Å². The number of thiazole rings is 1. The predicted molar refractivity (Wildman–Crippen MR) is 83.3 cm³/mol. The molecule has 1 saturated carbocycles. The molecule has 2 aromatic heterocycles. The van der Waals surface area contributed by atoms with Gasteiger partial charge in [-0.15, -0.1) is 11.3 Å². The van der Waals surface area contributed by atoms with E-state index in [-0.39, 0.29) is 11.9 Å². The lowest BCUT2D eigenvalue weighted by Crippen LogP contribution is -2.30. The lowest BCUT2D eigenvalue weighted by Gasteiger charge is -2.16. The quantitative estimate of drug-likeness (QED) is 0.774. The van der Waals surface area contributed by atoms with Crippen LogP contribution in [0.1, 0.15) is 34.2 Å². The van der Waals surface area contributed by atoms with Crippen molar-refractivity contribution in [1.29, 1.82) is 0 Å². The number of hydrogen-bond donors (Lipinski definition) is 2. The zero-order valence-electron chi connectivity index (χ0n) is 11.4. The van der Waals surface area contributed by atoms with Crippen molar-refractivity contribution in [2.24, 2.45) is 5.92 Å². The molecule has 106 valence electrons. The second-order valence-electron chi connectivity index (χ2n) is 5.41. The van der Waals surface area contributed by atoms with Gasteiger partial charge in [-0.05, 0) is 30.9 Å². The van der Waals surface area contributed by atoms with Gasteiger partial charge in [0.1, 0.15) is 5.01 Å². The van der Waals surface area contributed by atoms with Crippen LogP contribution in [0.5, 0.6) is 0 Å².